The van der Waals surface area contributed by atoms with E-state index in [1.54, 1.807) is 18.2 Å². The molecule has 0 heterocycles. The summed E-state index contributed by atoms with van der Waals surface area (Å²) in [6.45, 7) is 5.24. The highest BCUT2D eigenvalue weighted by molar-refractivity contribution is 7.80. The second-order valence-corrected chi connectivity index (χ2v) is 7.85. The zero-order chi connectivity index (χ0) is 22.1. The first-order valence-corrected chi connectivity index (χ1v) is 10.5. The molecule has 0 aliphatic heterocycles. The van der Waals surface area contributed by atoms with Crippen molar-refractivity contribution >= 4 is 28.9 Å². The molecule has 1 amide bonds. The molecule has 0 atom stereocenters. The molecule has 0 aliphatic rings. The second kappa shape index (κ2) is 11.1. The number of hydrogen-bond donors (Lipinski definition) is 2. The number of carbonyl (C=O) groups is 1. The van der Waals surface area contributed by atoms with Crippen molar-refractivity contribution in [3.8, 4) is 11.5 Å². The molecule has 0 aliphatic carbocycles. The molecule has 160 valence electrons. The normalized spacial score (nSPS) is 10.4. The summed E-state index contributed by atoms with van der Waals surface area (Å²) in [6, 6.07) is 24.4. The van der Waals surface area contributed by atoms with E-state index < -0.39 is 0 Å². The predicted molar refractivity (Wildman–Crippen MR) is 128 cm³/mol. The smallest absolute Gasteiger partial charge is 0.257 e. The van der Waals surface area contributed by atoms with Gasteiger partial charge in [0, 0.05) is 11.3 Å². The monoisotopic (exact) mass is 434 g/mol. The number of anilines is 1. The van der Waals surface area contributed by atoms with E-state index in [1.165, 1.54) is 0 Å². The van der Waals surface area contributed by atoms with Gasteiger partial charge in [0.25, 0.3) is 5.91 Å². The molecule has 3 aromatic carbocycles. The van der Waals surface area contributed by atoms with Gasteiger partial charge < -0.3 is 14.8 Å². The molecule has 0 unspecified atom stereocenters. The van der Waals surface area contributed by atoms with Gasteiger partial charge in [-0.2, -0.15) is 0 Å². The lowest BCUT2D eigenvalue weighted by Crippen LogP contribution is -2.34. The van der Waals surface area contributed by atoms with Gasteiger partial charge in [0.15, 0.2) is 5.11 Å². The molecule has 0 radical (unpaired) electrons. The number of hydrogen-bond acceptors (Lipinski definition) is 4. The average Bonchev–Trinajstić information content (AvgIpc) is 2.78. The third-order valence-electron chi connectivity index (χ3n) is 4.27. The first-order chi connectivity index (χ1) is 15.0. The van der Waals surface area contributed by atoms with Crippen molar-refractivity contribution in [3.63, 3.8) is 0 Å². The van der Waals surface area contributed by atoms with E-state index in [2.05, 4.69) is 24.5 Å². The van der Waals surface area contributed by atoms with Gasteiger partial charge in [-0.05, 0) is 66.2 Å². The van der Waals surface area contributed by atoms with Crippen LogP contribution in [-0.4, -0.2) is 17.6 Å². The fraction of sp³-hybridized carbons (Fsp3) is 0.200. The SMILES string of the molecule is CC(C)COc1cccc(C(=O)NC(=S)Nc2ccc(OCc3ccccc3)cc2)c1. The largest absolute Gasteiger partial charge is 0.493 e. The Morgan fingerprint density at radius 1 is 0.903 bits per heavy atom. The van der Waals surface area contributed by atoms with E-state index >= 15 is 0 Å². The minimum atomic E-state index is -0.296. The lowest BCUT2D eigenvalue weighted by atomic mass is 10.2. The Morgan fingerprint density at radius 2 is 1.65 bits per heavy atom. The first-order valence-electron chi connectivity index (χ1n) is 10.1. The molecule has 3 aromatic rings. The third kappa shape index (κ3) is 7.42. The number of thiocarbonyl (C=S) groups is 1. The van der Waals surface area contributed by atoms with E-state index in [4.69, 9.17) is 21.7 Å². The van der Waals surface area contributed by atoms with Crippen molar-refractivity contribution in [1.29, 1.82) is 0 Å². The molecule has 3 rings (SSSR count). The van der Waals surface area contributed by atoms with Gasteiger partial charge in [0.1, 0.15) is 18.1 Å². The summed E-state index contributed by atoms with van der Waals surface area (Å²) in [7, 11) is 0. The molecular formula is C25H26N2O3S. The molecule has 0 bridgehead atoms. The molecule has 6 heteroatoms. The van der Waals surface area contributed by atoms with Crippen LogP contribution in [0.5, 0.6) is 11.5 Å². The highest BCUT2D eigenvalue weighted by Gasteiger charge is 2.10. The number of benzene rings is 3. The van der Waals surface area contributed by atoms with Crippen LogP contribution in [0.3, 0.4) is 0 Å². The Balaban J connectivity index is 1.50. The summed E-state index contributed by atoms with van der Waals surface area (Å²) in [5.74, 6) is 1.52. The highest BCUT2D eigenvalue weighted by atomic mass is 32.1. The van der Waals surface area contributed by atoms with Crippen LogP contribution in [0.15, 0.2) is 78.9 Å². The molecule has 0 saturated carbocycles. The Hall–Kier alpha value is -3.38. The van der Waals surface area contributed by atoms with E-state index in [0.717, 1.165) is 17.0 Å². The van der Waals surface area contributed by atoms with Crippen LogP contribution in [0.4, 0.5) is 5.69 Å². The van der Waals surface area contributed by atoms with E-state index in [1.807, 2.05) is 60.7 Å². The number of ether oxygens (including phenoxy) is 2. The van der Waals surface area contributed by atoms with Crippen molar-refractivity contribution in [1.82, 2.24) is 5.32 Å². The number of nitrogens with one attached hydrogen (secondary N) is 2. The van der Waals surface area contributed by atoms with Crippen LogP contribution in [0.25, 0.3) is 0 Å². The summed E-state index contributed by atoms with van der Waals surface area (Å²) >= 11 is 5.27. The van der Waals surface area contributed by atoms with Crippen LogP contribution in [0.2, 0.25) is 0 Å². The van der Waals surface area contributed by atoms with Crippen LogP contribution < -0.4 is 20.1 Å². The van der Waals surface area contributed by atoms with Gasteiger partial charge in [-0.25, -0.2) is 0 Å². The van der Waals surface area contributed by atoms with Crippen LogP contribution in [0, 0.1) is 5.92 Å². The fourth-order valence-corrected chi connectivity index (χ4v) is 2.91. The zero-order valence-corrected chi connectivity index (χ0v) is 18.4. The minimum Gasteiger partial charge on any atom is -0.493 e. The lowest BCUT2D eigenvalue weighted by molar-refractivity contribution is 0.0977. The maximum absolute atomic E-state index is 12.5. The maximum Gasteiger partial charge on any atom is 0.257 e. The molecule has 0 aromatic heterocycles. The van der Waals surface area contributed by atoms with Gasteiger partial charge >= 0.3 is 0 Å². The van der Waals surface area contributed by atoms with Gasteiger partial charge in [-0.15, -0.1) is 0 Å². The summed E-state index contributed by atoms with van der Waals surface area (Å²) < 4.78 is 11.5. The Morgan fingerprint density at radius 3 is 2.35 bits per heavy atom. The van der Waals surface area contributed by atoms with E-state index in [0.29, 0.717) is 30.4 Å². The number of amides is 1. The molecular weight excluding hydrogens is 408 g/mol. The van der Waals surface area contributed by atoms with Crippen molar-refractivity contribution in [3.05, 3.63) is 90.0 Å². The Labute approximate surface area is 188 Å². The molecule has 2 N–H and O–H groups in total. The van der Waals surface area contributed by atoms with Crippen molar-refractivity contribution < 1.29 is 14.3 Å². The molecule has 0 fully saturated rings. The van der Waals surface area contributed by atoms with Gasteiger partial charge in [-0.1, -0.05) is 50.2 Å². The van der Waals surface area contributed by atoms with Gasteiger partial charge in [-0.3, -0.25) is 10.1 Å². The Kier molecular flexibility index (Phi) is 8.01. The lowest BCUT2D eigenvalue weighted by Gasteiger charge is -2.12. The van der Waals surface area contributed by atoms with Crippen molar-refractivity contribution in [2.45, 2.75) is 20.5 Å². The molecule has 0 spiro atoms. The number of rotatable bonds is 8. The Bertz CT molecular complexity index is 1000. The van der Waals surface area contributed by atoms with Crippen molar-refractivity contribution in [2.75, 3.05) is 11.9 Å². The topological polar surface area (TPSA) is 59.6 Å². The van der Waals surface area contributed by atoms with Crippen LogP contribution in [0.1, 0.15) is 29.8 Å². The quantitative estimate of drug-likeness (QED) is 0.463. The summed E-state index contributed by atoms with van der Waals surface area (Å²) in [5.41, 5.74) is 2.34. The third-order valence-corrected chi connectivity index (χ3v) is 4.47. The predicted octanol–water partition coefficient (Wildman–Crippen LogP) is 5.43. The maximum atomic E-state index is 12.5. The standard InChI is InChI=1S/C25H26N2O3S/c1-18(2)16-29-23-10-6-9-20(15-23)24(28)27-25(31)26-21-11-13-22(14-12-21)30-17-19-7-4-3-5-8-19/h3-15,18H,16-17H2,1-2H3,(H2,26,27,28,31). The number of carbonyl (C=O) groups excluding carboxylic acids is 1. The van der Waals surface area contributed by atoms with Crippen LogP contribution in [-0.2, 0) is 6.61 Å². The zero-order valence-electron chi connectivity index (χ0n) is 17.6. The summed E-state index contributed by atoms with van der Waals surface area (Å²) in [6.07, 6.45) is 0. The van der Waals surface area contributed by atoms with E-state index in [9.17, 15) is 4.79 Å². The minimum absolute atomic E-state index is 0.219. The van der Waals surface area contributed by atoms with Crippen LogP contribution >= 0.6 is 12.2 Å². The summed E-state index contributed by atoms with van der Waals surface area (Å²) in [5, 5.41) is 5.92. The van der Waals surface area contributed by atoms with Crippen molar-refractivity contribution in [2.24, 2.45) is 5.92 Å². The highest BCUT2D eigenvalue weighted by Crippen LogP contribution is 2.18. The first kappa shape index (κ1) is 22.3. The molecule has 31 heavy (non-hydrogen) atoms. The van der Waals surface area contributed by atoms with Gasteiger partial charge in [0.2, 0.25) is 0 Å². The molecule has 0 saturated heterocycles. The summed E-state index contributed by atoms with van der Waals surface area (Å²) in [4.78, 5) is 12.5. The van der Waals surface area contributed by atoms with E-state index in [-0.39, 0.29) is 11.0 Å². The molecule has 5 nitrogen and oxygen atoms in total. The fourth-order valence-electron chi connectivity index (χ4n) is 2.70. The second-order valence-electron chi connectivity index (χ2n) is 7.44. The van der Waals surface area contributed by atoms with Gasteiger partial charge in [0.05, 0.1) is 6.61 Å². The average molecular weight is 435 g/mol.